The van der Waals surface area contributed by atoms with E-state index in [9.17, 15) is 4.79 Å². The first kappa shape index (κ1) is 14.9. The number of aliphatic hydroxyl groups excluding tert-OH is 1. The molecule has 3 N–H and O–H groups in total. The topological polar surface area (TPSA) is 61.4 Å². The molecular weight excluding hydrogens is 252 g/mol. The minimum Gasteiger partial charge on any atom is -0.396 e. The minimum atomic E-state index is -0.0726. The van der Waals surface area contributed by atoms with E-state index in [-0.39, 0.29) is 23.8 Å². The van der Waals surface area contributed by atoms with Gasteiger partial charge in [-0.3, -0.25) is 4.79 Å². The number of hydrogen-bond donors (Lipinski definition) is 3. The molecule has 20 heavy (non-hydrogen) atoms. The van der Waals surface area contributed by atoms with Crippen LogP contribution in [0.25, 0.3) is 0 Å². The van der Waals surface area contributed by atoms with Crippen molar-refractivity contribution < 1.29 is 9.90 Å². The van der Waals surface area contributed by atoms with Crippen LogP contribution in [-0.4, -0.2) is 30.7 Å². The van der Waals surface area contributed by atoms with Crippen LogP contribution in [0.3, 0.4) is 0 Å². The molecule has 1 aromatic carbocycles. The largest absolute Gasteiger partial charge is 0.396 e. The maximum atomic E-state index is 12.4. The van der Waals surface area contributed by atoms with Crippen LogP contribution in [-0.2, 0) is 4.79 Å². The molecule has 0 aliphatic carbocycles. The Morgan fingerprint density at radius 3 is 2.95 bits per heavy atom. The molecule has 4 heteroatoms. The van der Waals surface area contributed by atoms with E-state index < -0.39 is 0 Å². The number of rotatable bonds is 5. The molecule has 0 bridgehead atoms. The fourth-order valence-electron chi connectivity index (χ4n) is 2.58. The van der Waals surface area contributed by atoms with Crippen molar-refractivity contribution in [3.05, 3.63) is 29.8 Å². The first-order chi connectivity index (χ1) is 9.53. The SMILES string of the molecule is CC(C)(CCO)CNC(=O)C1CCNc2ccccc21. The van der Waals surface area contributed by atoms with E-state index in [0.717, 1.165) is 24.2 Å². The average molecular weight is 276 g/mol. The Bertz CT molecular complexity index is 471. The Kier molecular flexibility index (Phi) is 4.65. The van der Waals surface area contributed by atoms with Gasteiger partial charge in [0.05, 0.1) is 5.92 Å². The Hall–Kier alpha value is -1.55. The van der Waals surface area contributed by atoms with Crippen molar-refractivity contribution in [1.82, 2.24) is 5.32 Å². The van der Waals surface area contributed by atoms with Gasteiger partial charge in [-0.2, -0.15) is 0 Å². The highest BCUT2D eigenvalue weighted by Gasteiger charge is 2.27. The average Bonchev–Trinajstić information content (AvgIpc) is 2.44. The summed E-state index contributed by atoms with van der Waals surface area (Å²) < 4.78 is 0. The van der Waals surface area contributed by atoms with Crippen LogP contribution >= 0.6 is 0 Å². The number of aliphatic hydroxyl groups is 1. The van der Waals surface area contributed by atoms with Gasteiger partial charge >= 0.3 is 0 Å². The summed E-state index contributed by atoms with van der Waals surface area (Å²) >= 11 is 0. The van der Waals surface area contributed by atoms with E-state index >= 15 is 0 Å². The van der Waals surface area contributed by atoms with Crippen LogP contribution in [0.5, 0.6) is 0 Å². The molecule has 1 aliphatic heterocycles. The van der Waals surface area contributed by atoms with Crippen LogP contribution in [0.15, 0.2) is 24.3 Å². The van der Waals surface area contributed by atoms with Gasteiger partial charge in [0.2, 0.25) is 5.91 Å². The van der Waals surface area contributed by atoms with E-state index in [1.54, 1.807) is 0 Å². The molecule has 0 saturated heterocycles. The van der Waals surface area contributed by atoms with E-state index in [4.69, 9.17) is 5.11 Å². The highest BCUT2D eigenvalue weighted by molar-refractivity contribution is 5.86. The van der Waals surface area contributed by atoms with Crippen molar-refractivity contribution in [3.63, 3.8) is 0 Å². The van der Waals surface area contributed by atoms with Gasteiger partial charge < -0.3 is 15.7 Å². The predicted molar refractivity (Wildman–Crippen MR) is 80.8 cm³/mol. The molecule has 0 fully saturated rings. The molecule has 1 atom stereocenters. The first-order valence-corrected chi connectivity index (χ1v) is 7.25. The van der Waals surface area contributed by atoms with Crippen molar-refractivity contribution in [2.75, 3.05) is 25.0 Å². The third kappa shape index (κ3) is 3.51. The summed E-state index contributed by atoms with van der Waals surface area (Å²) in [6.45, 7) is 5.69. The van der Waals surface area contributed by atoms with Gasteiger partial charge in [0.15, 0.2) is 0 Å². The molecular formula is C16H24N2O2. The third-order valence-corrected chi connectivity index (χ3v) is 3.93. The second-order valence-electron chi connectivity index (χ2n) is 6.21. The number of fused-ring (bicyclic) bond motifs is 1. The smallest absolute Gasteiger partial charge is 0.227 e. The Labute approximate surface area is 120 Å². The second kappa shape index (κ2) is 6.27. The number of para-hydroxylation sites is 1. The predicted octanol–water partition coefficient (Wildman–Crippen LogP) is 2.11. The van der Waals surface area contributed by atoms with Gasteiger partial charge in [-0.05, 0) is 29.9 Å². The quantitative estimate of drug-likeness (QED) is 0.772. The van der Waals surface area contributed by atoms with Crippen LogP contribution in [0.2, 0.25) is 0 Å². The summed E-state index contributed by atoms with van der Waals surface area (Å²) in [4.78, 5) is 12.4. The van der Waals surface area contributed by atoms with Crippen molar-refractivity contribution in [2.45, 2.75) is 32.6 Å². The lowest BCUT2D eigenvalue weighted by molar-refractivity contribution is -0.123. The fourth-order valence-corrected chi connectivity index (χ4v) is 2.58. The summed E-state index contributed by atoms with van der Waals surface area (Å²) in [5.41, 5.74) is 2.07. The molecule has 1 heterocycles. The summed E-state index contributed by atoms with van der Waals surface area (Å²) in [6.07, 6.45) is 1.51. The molecule has 0 spiro atoms. The summed E-state index contributed by atoms with van der Waals surface area (Å²) in [5, 5.41) is 15.4. The number of carbonyl (C=O) groups is 1. The lowest BCUT2D eigenvalue weighted by atomic mass is 9.87. The maximum absolute atomic E-state index is 12.4. The van der Waals surface area contributed by atoms with Crippen LogP contribution in [0.1, 0.15) is 38.2 Å². The van der Waals surface area contributed by atoms with Gasteiger partial charge in [0.25, 0.3) is 0 Å². The van der Waals surface area contributed by atoms with Crippen molar-refractivity contribution in [1.29, 1.82) is 0 Å². The van der Waals surface area contributed by atoms with Gasteiger partial charge in [0, 0.05) is 25.4 Å². The lowest BCUT2D eigenvalue weighted by Gasteiger charge is -2.28. The third-order valence-electron chi connectivity index (χ3n) is 3.93. The maximum Gasteiger partial charge on any atom is 0.227 e. The van der Waals surface area contributed by atoms with Crippen molar-refractivity contribution in [2.24, 2.45) is 5.41 Å². The van der Waals surface area contributed by atoms with Gasteiger partial charge in [-0.25, -0.2) is 0 Å². The zero-order valence-corrected chi connectivity index (χ0v) is 12.3. The number of hydrogen-bond acceptors (Lipinski definition) is 3. The number of amides is 1. The molecule has 110 valence electrons. The molecule has 0 aromatic heterocycles. The molecule has 2 rings (SSSR count). The normalized spacial score (nSPS) is 18.1. The Balaban J connectivity index is 2.01. The van der Waals surface area contributed by atoms with Crippen molar-refractivity contribution in [3.8, 4) is 0 Å². The first-order valence-electron chi connectivity index (χ1n) is 7.25. The fraction of sp³-hybridized carbons (Fsp3) is 0.562. The molecule has 1 amide bonds. The van der Waals surface area contributed by atoms with Crippen LogP contribution in [0.4, 0.5) is 5.69 Å². The van der Waals surface area contributed by atoms with E-state index in [1.165, 1.54) is 0 Å². The van der Waals surface area contributed by atoms with E-state index in [0.29, 0.717) is 13.0 Å². The Morgan fingerprint density at radius 1 is 1.45 bits per heavy atom. The van der Waals surface area contributed by atoms with Gasteiger partial charge in [0.1, 0.15) is 0 Å². The summed E-state index contributed by atoms with van der Waals surface area (Å²) in [6, 6.07) is 7.99. The highest BCUT2D eigenvalue weighted by atomic mass is 16.3. The standard InChI is InChI=1S/C16H24N2O2/c1-16(2,8-10-19)11-18-15(20)13-7-9-17-14-6-4-3-5-12(13)14/h3-6,13,17,19H,7-11H2,1-2H3,(H,18,20). The molecule has 4 nitrogen and oxygen atoms in total. The monoisotopic (exact) mass is 276 g/mol. The minimum absolute atomic E-state index is 0.0719. The zero-order valence-electron chi connectivity index (χ0n) is 12.3. The lowest BCUT2D eigenvalue weighted by Crippen LogP contribution is -2.38. The van der Waals surface area contributed by atoms with Crippen LogP contribution in [0, 0.1) is 5.41 Å². The second-order valence-corrected chi connectivity index (χ2v) is 6.21. The number of benzene rings is 1. The zero-order chi connectivity index (χ0) is 14.6. The van der Waals surface area contributed by atoms with E-state index in [1.807, 2.05) is 24.3 Å². The van der Waals surface area contributed by atoms with Gasteiger partial charge in [-0.15, -0.1) is 0 Å². The van der Waals surface area contributed by atoms with Gasteiger partial charge in [-0.1, -0.05) is 32.0 Å². The van der Waals surface area contributed by atoms with Crippen LogP contribution < -0.4 is 10.6 Å². The molecule has 0 saturated carbocycles. The summed E-state index contributed by atoms with van der Waals surface area (Å²) in [5.74, 6) is 0.0161. The number of carbonyl (C=O) groups excluding carboxylic acids is 1. The molecule has 1 unspecified atom stereocenters. The molecule has 1 aliphatic rings. The van der Waals surface area contributed by atoms with E-state index in [2.05, 4.69) is 24.5 Å². The number of nitrogens with one attached hydrogen (secondary N) is 2. The molecule has 1 aromatic rings. The summed E-state index contributed by atoms with van der Waals surface area (Å²) in [7, 11) is 0. The molecule has 0 radical (unpaired) electrons. The van der Waals surface area contributed by atoms with Crippen molar-refractivity contribution >= 4 is 11.6 Å². The highest BCUT2D eigenvalue weighted by Crippen LogP contribution is 2.31. The number of anilines is 1. The Morgan fingerprint density at radius 2 is 2.20 bits per heavy atom.